The maximum Gasteiger partial charge on any atom is 0.292 e. The molecule has 3 aliphatic rings. The summed E-state index contributed by atoms with van der Waals surface area (Å²) in [5.74, 6) is -0.170. The Morgan fingerprint density at radius 1 is 0.581 bits per heavy atom. The Bertz CT molecular complexity index is 2650. The summed E-state index contributed by atoms with van der Waals surface area (Å²) >= 11 is 0. The molecule has 2 aliphatic heterocycles. The van der Waals surface area contributed by atoms with Crippen molar-refractivity contribution >= 4 is 79.1 Å². The third-order valence-corrected chi connectivity index (χ3v) is 13.6. The summed E-state index contributed by atoms with van der Waals surface area (Å²) in [5.41, 5.74) is 2.47. The average molecular weight is 883 g/mol. The van der Waals surface area contributed by atoms with Gasteiger partial charge in [-0.3, -0.25) is 9.11 Å². The summed E-state index contributed by atoms with van der Waals surface area (Å²) in [5, 5.41) is 12.4. The number of morpholine rings is 2. The molecule has 0 amide bonds. The van der Waals surface area contributed by atoms with Crippen LogP contribution in [0.25, 0.3) is 6.08 Å². The second-order valence-corrected chi connectivity index (χ2v) is 17.6. The lowest BCUT2D eigenvalue weighted by Crippen LogP contribution is -2.50. The number of hydrogen-bond acceptors (Lipinski definition) is 18. The van der Waals surface area contributed by atoms with E-state index in [4.69, 9.17) is 9.47 Å². The molecule has 1 unspecified atom stereocenters. The number of anilines is 9. The van der Waals surface area contributed by atoms with Crippen LogP contribution in [0.5, 0.6) is 0 Å². The topological polar surface area (TPSA) is 259 Å². The van der Waals surface area contributed by atoms with E-state index in [9.17, 15) is 25.9 Å². The molecule has 2 saturated heterocycles. The molecule has 2 fully saturated rings. The second kappa shape index (κ2) is 18.2. The van der Waals surface area contributed by atoms with Gasteiger partial charge in [-0.25, -0.2) is 0 Å². The van der Waals surface area contributed by atoms with E-state index in [2.05, 4.69) is 51.2 Å². The lowest BCUT2D eigenvalue weighted by atomic mass is 9.96. The van der Waals surface area contributed by atoms with E-state index in [-0.39, 0.29) is 29.5 Å². The molecule has 6 N–H and O–H groups in total. The van der Waals surface area contributed by atoms with Crippen LogP contribution in [-0.2, 0) is 29.7 Å². The third-order valence-electron chi connectivity index (χ3n) is 9.92. The van der Waals surface area contributed by atoms with Crippen molar-refractivity contribution in [2.45, 2.75) is 4.08 Å². The molecule has 3 aromatic carbocycles. The Hall–Kier alpha value is -6.56. The van der Waals surface area contributed by atoms with Crippen molar-refractivity contribution in [3.63, 3.8) is 0 Å². The zero-order valence-corrected chi connectivity index (χ0v) is 34.6. The van der Waals surface area contributed by atoms with Crippen LogP contribution < -0.4 is 31.1 Å². The molecule has 4 heterocycles. The van der Waals surface area contributed by atoms with Crippen LogP contribution in [0, 0.1) is 5.92 Å². The Labute approximate surface area is 357 Å². The van der Waals surface area contributed by atoms with Crippen molar-refractivity contribution in [3.05, 3.63) is 120 Å². The SMILES string of the molecule is O=S(=O)(O)C1(S(=O)(=O)O)C=C(Nc2nc(Nc3ccccc3)nc(N3CCOCC3)n2)C=CC1C=Cc1ccc(Nc2nc(Nc3ccccc3)nc(N3CCOCC3)n2)cc1. The molecule has 8 rings (SSSR count). The minimum absolute atomic E-state index is 0.0729. The van der Waals surface area contributed by atoms with Gasteiger partial charge in [0.1, 0.15) is 0 Å². The van der Waals surface area contributed by atoms with E-state index >= 15 is 0 Å². The molecular weight excluding hydrogens is 841 g/mol. The highest BCUT2D eigenvalue weighted by Gasteiger charge is 2.58. The first-order valence-electron chi connectivity index (χ1n) is 19.4. The highest BCUT2D eigenvalue weighted by Crippen LogP contribution is 2.40. The van der Waals surface area contributed by atoms with Crippen LogP contribution in [0.1, 0.15) is 5.56 Å². The number of nitrogens with zero attached hydrogens (tertiary/aromatic N) is 8. The van der Waals surface area contributed by atoms with Crippen LogP contribution in [0.4, 0.5) is 52.8 Å². The molecule has 0 radical (unpaired) electrons. The second-order valence-electron chi connectivity index (χ2n) is 14.1. The number of nitrogens with one attached hydrogen (secondary N) is 4. The summed E-state index contributed by atoms with van der Waals surface area (Å²) in [7, 11) is -11.1. The molecule has 22 heteroatoms. The predicted molar refractivity (Wildman–Crippen MR) is 234 cm³/mol. The molecule has 5 aromatic rings. The summed E-state index contributed by atoms with van der Waals surface area (Å²) in [6.45, 7) is 4.15. The van der Waals surface area contributed by atoms with Gasteiger partial charge in [-0.1, -0.05) is 66.8 Å². The van der Waals surface area contributed by atoms with Crippen molar-refractivity contribution in [2.24, 2.45) is 5.92 Å². The third kappa shape index (κ3) is 9.80. The van der Waals surface area contributed by atoms with Crippen LogP contribution in [-0.4, -0.2) is 113 Å². The summed E-state index contributed by atoms with van der Waals surface area (Å²) < 4.78 is 81.4. The van der Waals surface area contributed by atoms with E-state index in [1.54, 1.807) is 24.3 Å². The monoisotopic (exact) mass is 882 g/mol. The molecular formula is C40H42N12O8S2. The van der Waals surface area contributed by atoms with Gasteiger partial charge in [-0.05, 0) is 54.1 Å². The van der Waals surface area contributed by atoms with Crippen LogP contribution in [0.3, 0.4) is 0 Å². The minimum Gasteiger partial charge on any atom is -0.378 e. The molecule has 0 spiro atoms. The first kappa shape index (κ1) is 42.1. The van der Waals surface area contributed by atoms with Gasteiger partial charge in [-0.15, -0.1) is 0 Å². The summed E-state index contributed by atoms with van der Waals surface area (Å²) in [6, 6.07) is 25.4. The van der Waals surface area contributed by atoms with Gasteiger partial charge < -0.3 is 40.5 Å². The van der Waals surface area contributed by atoms with Gasteiger partial charge in [0.05, 0.1) is 26.4 Å². The van der Waals surface area contributed by atoms with Crippen molar-refractivity contribution in [2.75, 3.05) is 83.7 Å². The lowest BCUT2D eigenvalue weighted by molar-refractivity contribution is 0.122. The highest BCUT2D eigenvalue weighted by atomic mass is 32.3. The van der Waals surface area contributed by atoms with Gasteiger partial charge in [-0.2, -0.15) is 46.7 Å². The quantitative estimate of drug-likeness (QED) is 0.0831. The largest absolute Gasteiger partial charge is 0.378 e. The van der Waals surface area contributed by atoms with E-state index in [0.29, 0.717) is 81.4 Å². The fraction of sp³-hybridized carbons (Fsp3) is 0.250. The van der Waals surface area contributed by atoms with Gasteiger partial charge in [0.2, 0.25) is 35.7 Å². The molecule has 62 heavy (non-hydrogen) atoms. The number of allylic oxidation sites excluding steroid dienone is 3. The van der Waals surface area contributed by atoms with Gasteiger partial charge >= 0.3 is 0 Å². The number of benzene rings is 3. The molecule has 0 bridgehead atoms. The lowest BCUT2D eigenvalue weighted by Gasteiger charge is -2.32. The number of ether oxygens (including phenoxy) is 2. The normalized spacial score (nSPS) is 18.0. The van der Waals surface area contributed by atoms with E-state index in [1.807, 2.05) is 70.5 Å². The molecule has 20 nitrogen and oxygen atoms in total. The van der Waals surface area contributed by atoms with Crippen molar-refractivity contribution < 1.29 is 35.4 Å². The molecule has 322 valence electrons. The molecule has 2 aromatic heterocycles. The number of hydrogen-bond donors (Lipinski definition) is 6. The smallest absolute Gasteiger partial charge is 0.292 e. The standard InChI is InChI=1S/C40H42N12O8S2/c53-61(54,55)40(62(56,57)58)27-33(44-37-46-35(42-31-9-5-2-6-10-31)48-39(50-37)52-21-25-60-26-22-52)18-15-29(40)14-11-28-12-16-32(17-13-28)43-36-45-34(41-30-7-3-1-4-8-30)47-38(49-36)51-19-23-59-24-20-51/h1-18,27,29H,19-26H2,(H,53,54,55)(H,56,57,58)(H2,41,43,45,47,49)(H2,42,44,46,48,50). The highest BCUT2D eigenvalue weighted by molar-refractivity contribution is 8.05. The Morgan fingerprint density at radius 2 is 1.00 bits per heavy atom. The first-order valence-corrected chi connectivity index (χ1v) is 22.3. The maximum absolute atomic E-state index is 13.1. The summed E-state index contributed by atoms with van der Waals surface area (Å²) in [4.78, 5) is 31.2. The van der Waals surface area contributed by atoms with Crippen molar-refractivity contribution in [1.29, 1.82) is 0 Å². The first-order chi connectivity index (χ1) is 29.9. The zero-order chi connectivity index (χ0) is 43.2. The zero-order valence-electron chi connectivity index (χ0n) is 32.9. The Balaban J connectivity index is 1.04. The van der Waals surface area contributed by atoms with Crippen LogP contribution in [0.15, 0.2) is 115 Å². The minimum atomic E-state index is -5.56. The van der Waals surface area contributed by atoms with E-state index in [1.165, 1.54) is 24.3 Å². The molecule has 1 atom stereocenters. The molecule has 0 saturated carbocycles. The van der Waals surface area contributed by atoms with Gasteiger partial charge in [0.15, 0.2) is 0 Å². The number of para-hydroxylation sites is 2. The molecule has 1 aliphatic carbocycles. The van der Waals surface area contributed by atoms with Crippen LogP contribution in [0.2, 0.25) is 0 Å². The number of aromatic nitrogens is 6. The average Bonchev–Trinajstić information content (AvgIpc) is 3.27. The Morgan fingerprint density at radius 3 is 1.44 bits per heavy atom. The van der Waals surface area contributed by atoms with Gasteiger partial charge in [0, 0.05) is 54.9 Å². The summed E-state index contributed by atoms with van der Waals surface area (Å²) in [6.07, 6.45) is 6.09. The fourth-order valence-electron chi connectivity index (χ4n) is 6.82. The van der Waals surface area contributed by atoms with E-state index < -0.39 is 30.2 Å². The van der Waals surface area contributed by atoms with Crippen molar-refractivity contribution in [3.8, 4) is 0 Å². The number of rotatable bonds is 14. The van der Waals surface area contributed by atoms with Gasteiger partial charge in [0.25, 0.3) is 24.3 Å². The maximum atomic E-state index is 13.1. The Kier molecular flexibility index (Phi) is 12.4. The van der Waals surface area contributed by atoms with Crippen molar-refractivity contribution in [1.82, 2.24) is 29.9 Å². The predicted octanol–water partition coefficient (Wildman–Crippen LogP) is 4.63. The fourth-order valence-corrected chi connectivity index (χ4v) is 9.44. The van der Waals surface area contributed by atoms with E-state index in [0.717, 1.165) is 11.8 Å². The van der Waals surface area contributed by atoms with Crippen LogP contribution >= 0.6 is 0 Å².